The van der Waals surface area contributed by atoms with E-state index >= 15 is 0 Å². The highest BCUT2D eigenvalue weighted by atomic mass is 16.5. The first kappa shape index (κ1) is 20.2. The Kier molecular flexibility index (Phi) is 6.93. The number of ether oxygens (including phenoxy) is 2. The molecule has 1 saturated heterocycles. The number of rotatable bonds is 7. The van der Waals surface area contributed by atoms with Crippen molar-refractivity contribution in [2.45, 2.75) is 26.3 Å². The van der Waals surface area contributed by atoms with Gasteiger partial charge in [-0.05, 0) is 42.2 Å². The Balaban J connectivity index is 1.48. The molecule has 1 fully saturated rings. The van der Waals surface area contributed by atoms with Crippen molar-refractivity contribution in [3.8, 4) is 11.5 Å². The van der Waals surface area contributed by atoms with E-state index < -0.39 is 0 Å². The highest BCUT2D eigenvalue weighted by molar-refractivity contribution is 5.76. The summed E-state index contributed by atoms with van der Waals surface area (Å²) >= 11 is 0. The molecule has 0 unspecified atom stereocenters. The van der Waals surface area contributed by atoms with Crippen LogP contribution in [-0.2, 0) is 17.8 Å². The zero-order valence-corrected chi connectivity index (χ0v) is 17.1. The second-order valence-corrected chi connectivity index (χ2v) is 7.30. The van der Waals surface area contributed by atoms with E-state index in [4.69, 9.17) is 9.47 Å². The van der Waals surface area contributed by atoms with Crippen LogP contribution in [0.15, 0.2) is 42.5 Å². The fourth-order valence-electron chi connectivity index (χ4n) is 3.60. The number of hydrogen-bond donors (Lipinski definition) is 0. The maximum absolute atomic E-state index is 12.6. The van der Waals surface area contributed by atoms with E-state index in [0.717, 1.165) is 49.8 Å². The summed E-state index contributed by atoms with van der Waals surface area (Å²) < 4.78 is 10.6. The average molecular weight is 383 g/mol. The van der Waals surface area contributed by atoms with Crippen LogP contribution < -0.4 is 9.47 Å². The molecule has 0 saturated carbocycles. The molecule has 0 radical (unpaired) electrons. The highest BCUT2D eigenvalue weighted by Crippen LogP contribution is 2.23. The molecular weight excluding hydrogens is 352 g/mol. The molecule has 150 valence electrons. The van der Waals surface area contributed by atoms with E-state index in [1.807, 2.05) is 23.1 Å². The molecule has 0 aromatic heterocycles. The third kappa shape index (κ3) is 5.26. The molecule has 5 nitrogen and oxygen atoms in total. The zero-order valence-electron chi connectivity index (χ0n) is 17.1. The zero-order chi connectivity index (χ0) is 19.9. The average Bonchev–Trinajstić information content (AvgIpc) is 2.74. The van der Waals surface area contributed by atoms with Gasteiger partial charge in [0.1, 0.15) is 11.5 Å². The van der Waals surface area contributed by atoms with Crippen molar-refractivity contribution in [2.24, 2.45) is 0 Å². The maximum Gasteiger partial charge on any atom is 0.222 e. The molecule has 1 aliphatic rings. The lowest BCUT2D eigenvalue weighted by molar-refractivity contribution is -0.133. The lowest BCUT2D eigenvalue weighted by atomic mass is 10.1. The van der Waals surface area contributed by atoms with Crippen LogP contribution >= 0.6 is 0 Å². The predicted octanol–water partition coefficient (Wildman–Crippen LogP) is 3.29. The Labute approximate surface area is 167 Å². The first-order valence-electron chi connectivity index (χ1n) is 9.85. The number of nitrogens with zero attached hydrogens (tertiary/aromatic N) is 2. The largest absolute Gasteiger partial charge is 0.497 e. The topological polar surface area (TPSA) is 42.0 Å². The molecule has 0 atom stereocenters. The molecule has 1 amide bonds. The molecular formula is C23H30N2O3. The second kappa shape index (κ2) is 9.60. The third-order valence-corrected chi connectivity index (χ3v) is 5.42. The Morgan fingerprint density at radius 1 is 0.964 bits per heavy atom. The minimum atomic E-state index is 0.220. The van der Waals surface area contributed by atoms with Crippen molar-refractivity contribution in [3.05, 3.63) is 59.2 Å². The Bertz CT molecular complexity index is 776. The van der Waals surface area contributed by atoms with Crippen molar-refractivity contribution in [1.82, 2.24) is 9.80 Å². The van der Waals surface area contributed by atoms with Crippen molar-refractivity contribution < 1.29 is 14.3 Å². The second-order valence-electron chi connectivity index (χ2n) is 7.30. The Morgan fingerprint density at radius 2 is 1.61 bits per heavy atom. The number of benzene rings is 2. The summed E-state index contributed by atoms with van der Waals surface area (Å²) in [5.74, 6) is 1.73. The minimum absolute atomic E-state index is 0.220. The summed E-state index contributed by atoms with van der Waals surface area (Å²) in [5, 5.41) is 0. The molecule has 1 heterocycles. The fourth-order valence-corrected chi connectivity index (χ4v) is 3.60. The van der Waals surface area contributed by atoms with Crippen LogP contribution in [0.2, 0.25) is 0 Å². The van der Waals surface area contributed by atoms with Crippen LogP contribution in [0, 0.1) is 6.92 Å². The first-order valence-corrected chi connectivity index (χ1v) is 9.85. The fraction of sp³-hybridized carbons (Fsp3) is 0.435. The van der Waals surface area contributed by atoms with Crippen LogP contribution in [0.1, 0.15) is 23.1 Å². The molecule has 0 bridgehead atoms. The van der Waals surface area contributed by atoms with Gasteiger partial charge in [0.2, 0.25) is 5.91 Å². The van der Waals surface area contributed by atoms with Gasteiger partial charge in [-0.15, -0.1) is 0 Å². The van der Waals surface area contributed by atoms with Gasteiger partial charge in [-0.1, -0.05) is 24.3 Å². The lowest BCUT2D eigenvalue weighted by Gasteiger charge is -2.35. The van der Waals surface area contributed by atoms with Gasteiger partial charge >= 0.3 is 0 Å². The predicted molar refractivity (Wildman–Crippen MR) is 111 cm³/mol. The van der Waals surface area contributed by atoms with Crippen LogP contribution in [0.4, 0.5) is 0 Å². The van der Waals surface area contributed by atoms with Gasteiger partial charge in [-0.2, -0.15) is 0 Å². The summed E-state index contributed by atoms with van der Waals surface area (Å²) in [6.07, 6.45) is 1.20. The summed E-state index contributed by atoms with van der Waals surface area (Å²) in [6.45, 7) is 6.55. The van der Waals surface area contributed by atoms with Gasteiger partial charge in [0.25, 0.3) is 0 Å². The normalized spacial score (nSPS) is 14.8. The quantitative estimate of drug-likeness (QED) is 0.737. The standard InChI is InChI=1S/C23H30N2O3/c1-18-6-4-5-7-20(18)17-24-10-12-25(13-11-24)23(26)9-8-19-14-21(27-2)16-22(15-19)28-3/h4-7,14-16H,8-13,17H2,1-3H3. The van der Waals surface area contributed by atoms with Crippen LogP contribution in [0.25, 0.3) is 0 Å². The van der Waals surface area contributed by atoms with Gasteiger partial charge in [0.15, 0.2) is 0 Å². The van der Waals surface area contributed by atoms with Crippen molar-refractivity contribution in [1.29, 1.82) is 0 Å². The Hall–Kier alpha value is -2.53. The number of aryl methyl sites for hydroxylation is 2. The van der Waals surface area contributed by atoms with Gasteiger partial charge in [-0.25, -0.2) is 0 Å². The summed E-state index contributed by atoms with van der Waals surface area (Å²) in [6, 6.07) is 14.3. The van der Waals surface area contributed by atoms with E-state index in [-0.39, 0.29) is 5.91 Å². The maximum atomic E-state index is 12.6. The Morgan fingerprint density at radius 3 is 2.21 bits per heavy atom. The van der Waals surface area contributed by atoms with Crippen LogP contribution in [0.3, 0.4) is 0 Å². The molecule has 2 aromatic carbocycles. The number of piperazine rings is 1. The van der Waals surface area contributed by atoms with E-state index in [9.17, 15) is 4.79 Å². The smallest absolute Gasteiger partial charge is 0.222 e. The summed E-state index contributed by atoms with van der Waals surface area (Å²) in [4.78, 5) is 17.1. The molecule has 0 N–H and O–H groups in total. The van der Waals surface area contributed by atoms with Crippen molar-refractivity contribution in [3.63, 3.8) is 0 Å². The van der Waals surface area contributed by atoms with Gasteiger partial charge in [0.05, 0.1) is 14.2 Å². The van der Waals surface area contributed by atoms with E-state index in [0.29, 0.717) is 12.8 Å². The van der Waals surface area contributed by atoms with Gasteiger partial charge < -0.3 is 14.4 Å². The summed E-state index contributed by atoms with van der Waals surface area (Å²) in [7, 11) is 3.28. The number of methoxy groups -OCH3 is 2. The van der Waals surface area contributed by atoms with E-state index in [1.54, 1.807) is 14.2 Å². The number of carbonyl (C=O) groups is 1. The minimum Gasteiger partial charge on any atom is -0.497 e. The van der Waals surface area contributed by atoms with Crippen LogP contribution in [0.5, 0.6) is 11.5 Å². The van der Waals surface area contributed by atoms with Crippen molar-refractivity contribution >= 4 is 5.91 Å². The van der Waals surface area contributed by atoms with E-state index in [2.05, 4.69) is 36.1 Å². The van der Waals surface area contributed by atoms with E-state index in [1.165, 1.54) is 11.1 Å². The van der Waals surface area contributed by atoms with Crippen LogP contribution in [-0.4, -0.2) is 56.1 Å². The SMILES string of the molecule is COc1cc(CCC(=O)N2CCN(Cc3ccccc3C)CC2)cc(OC)c1. The molecule has 0 spiro atoms. The monoisotopic (exact) mass is 382 g/mol. The molecule has 1 aliphatic heterocycles. The van der Waals surface area contributed by atoms with Gasteiger partial charge in [-0.3, -0.25) is 9.69 Å². The highest BCUT2D eigenvalue weighted by Gasteiger charge is 2.21. The van der Waals surface area contributed by atoms with Gasteiger partial charge in [0, 0.05) is 45.2 Å². The van der Waals surface area contributed by atoms with Crippen molar-refractivity contribution in [2.75, 3.05) is 40.4 Å². The molecule has 2 aromatic rings. The lowest BCUT2D eigenvalue weighted by Crippen LogP contribution is -2.48. The third-order valence-electron chi connectivity index (χ3n) is 5.42. The molecule has 3 rings (SSSR count). The number of hydrogen-bond acceptors (Lipinski definition) is 4. The molecule has 28 heavy (non-hydrogen) atoms. The summed E-state index contributed by atoms with van der Waals surface area (Å²) in [5.41, 5.74) is 3.76. The first-order chi connectivity index (χ1) is 13.6. The number of amides is 1. The number of carbonyl (C=O) groups excluding carboxylic acids is 1. The molecule has 0 aliphatic carbocycles. The molecule has 5 heteroatoms.